The van der Waals surface area contributed by atoms with Gasteiger partial charge in [0, 0.05) is 73.8 Å². The fraction of sp³-hybridized carbons (Fsp3) is 0.333. The molecule has 0 aliphatic carbocycles. The molecule has 224 valence electrons. The van der Waals surface area contributed by atoms with Gasteiger partial charge in [0.15, 0.2) is 0 Å². The molecule has 0 radical (unpaired) electrons. The number of benzene rings is 3. The van der Waals surface area contributed by atoms with E-state index in [1.54, 1.807) is 6.07 Å². The Morgan fingerprint density at radius 3 is 2.55 bits per heavy atom. The summed E-state index contributed by atoms with van der Waals surface area (Å²) in [6.07, 6.45) is 3.99. The van der Waals surface area contributed by atoms with E-state index in [9.17, 15) is 4.79 Å². The monoisotopic (exact) mass is 587 g/mol. The molecule has 0 unspecified atom stereocenters. The Morgan fingerprint density at radius 2 is 1.75 bits per heavy atom. The third-order valence-electron chi connectivity index (χ3n) is 9.00. The number of nitrogens with zero attached hydrogens (tertiary/aromatic N) is 3. The van der Waals surface area contributed by atoms with Crippen molar-refractivity contribution >= 4 is 11.4 Å². The van der Waals surface area contributed by atoms with Gasteiger partial charge in [-0.15, -0.1) is 0 Å². The maximum atomic E-state index is 12.7. The number of fused-ring (bicyclic) bond motifs is 2. The molecule has 0 spiro atoms. The van der Waals surface area contributed by atoms with Gasteiger partial charge in [0.2, 0.25) is 5.56 Å². The molecule has 1 aromatic heterocycles. The van der Waals surface area contributed by atoms with Crippen LogP contribution in [-0.4, -0.2) is 61.9 Å². The van der Waals surface area contributed by atoms with E-state index in [0.717, 1.165) is 104 Å². The molecule has 0 atom stereocenters. The fourth-order valence-electron chi connectivity index (χ4n) is 6.53. The SMILES string of the molecule is N#Cc1ccc(CCN2CCC(Nc3ccc4c(c3)Cc3cccc(-c5cc(N6CCOCC6)cc(=O)[nH]5)c3O4)CC2)cc1. The van der Waals surface area contributed by atoms with Gasteiger partial charge >= 0.3 is 0 Å². The first-order valence-corrected chi connectivity index (χ1v) is 15.6. The number of piperidine rings is 1. The molecule has 44 heavy (non-hydrogen) atoms. The number of aromatic amines is 1. The summed E-state index contributed by atoms with van der Waals surface area (Å²) in [5, 5.41) is 12.8. The molecular formula is C36H37N5O3. The minimum atomic E-state index is -0.120. The minimum Gasteiger partial charge on any atom is -0.456 e. The van der Waals surface area contributed by atoms with E-state index in [0.29, 0.717) is 24.8 Å². The van der Waals surface area contributed by atoms with Gasteiger partial charge in [-0.3, -0.25) is 4.79 Å². The highest BCUT2D eigenvalue weighted by molar-refractivity contribution is 5.74. The number of ether oxygens (including phenoxy) is 2. The second kappa shape index (κ2) is 12.6. The quantitative estimate of drug-likeness (QED) is 0.257. The van der Waals surface area contributed by atoms with Crippen LogP contribution in [0.15, 0.2) is 77.6 Å². The molecule has 4 heterocycles. The number of nitrogens with one attached hydrogen (secondary N) is 2. The Hall–Kier alpha value is -4.58. The molecule has 0 saturated carbocycles. The number of aromatic nitrogens is 1. The van der Waals surface area contributed by atoms with Crippen LogP contribution in [0, 0.1) is 11.3 Å². The van der Waals surface area contributed by atoms with Crippen molar-refractivity contribution in [3.63, 3.8) is 0 Å². The van der Waals surface area contributed by atoms with Gasteiger partial charge in [-0.2, -0.15) is 5.26 Å². The van der Waals surface area contributed by atoms with Crippen LogP contribution in [0.2, 0.25) is 0 Å². The molecule has 3 aliphatic heterocycles. The zero-order chi connectivity index (χ0) is 29.9. The number of H-pyrrole nitrogens is 1. The zero-order valence-electron chi connectivity index (χ0n) is 24.9. The van der Waals surface area contributed by atoms with E-state index in [-0.39, 0.29) is 5.56 Å². The average molecular weight is 588 g/mol. The summed E-state index contributed by atoms with van der Waals surface area (Å²) in [5.41, 5.74) is 7.85. The smallest absolute Gasteiger partial charge is 0.250 e. The lowest BCUT2D eigenvalue weighted by Gasteiger charge is -2.33. The molecule has 8 nitrogen and oxygen atoms in total. The zero-order valence-corrected chi connectivity index (χ0v) is 24.9. The lowest BCUT2D eigenvalue weighted by molar-refractivity contribution is 0.122. The molecule has 0 amide bonds. The van der Waals surface area contributed by atoms with Crippen LogP contribution >= 0.6 is 0 Å². The van der Waals surface area contributed by atoms with Gasteiger partial charge < -0.3 is 29.6 Å². The van der Waals surface area contributed by atoms with Crippen molar-refractivity contribution in [1.82, 2.24) is 9.88 Å². The van der Waals surface area contributed by atoms with Crippen molar-refractivity contribution in [2.75, 3.05) is 56.2 Å². The topological polar surface area (TPSA) is 93.6 Å². The highest BCUT2D eigenvalue weighted by atomic mass is 16.5. The predicted octanol–water partition coefficient (Wildman–Crippen LogP) is 5.57. The number of hydrogen-bond acceptors (Lipinski definition) is 7. The number of nitriles is 1. The number of likely N-dealkylation sites (tertiary alicyclic amines) is 1. The number of hydrogen-bond donors (Lipinski definition) is 2. The van der Waals surface area contributed by atoms with Crippen LogP contribution in [0.1, 0.15) is 35.1 Å². The molecule has 2 saturated heterocycles. The highest BCUT2D eigenvalue weighted by Crippen LogP contribution is 2.43. The van der Waals surface area contributed by atoms with Crippen molar-refractivity contribution in [2.45, 2.75) is 31.7 Å². The van der Waals surface area contributed by atoms with Crippen molar-refractivity contribution in [3.8, 4) is 28.8 Å². The maximum absolute atomic E-state index is 12.7. The van der Waals surface area contributed by atoms with Gasteiger partial charge in [-0.05, 0) is 72.9 Å². The Bertz CT molecular complexity index is 1730. The average Bonchev–Trinajstić information content (AvgIpc) is 3.07. The second-order valence-corrected chi connectivity index (χ2v) is 11.9. The standard InChI is InChI=1S/C36H37N5O3/c37-24-26-6-4-25(5-7-26)10-13-40-14-11-29(12-15-40)38-30-8-9-34-28(21-30)20-27-2-1-3-32(36(27)44-34)33-22-31(23-35(42)39-33)41-16-18-43-19-17-41/h1-9,21-23,29,38H,10-20H2,(H,39,42). The normalized spacial score (nSPS) is 16.8. The maximum Gasteiger partial charge on any atom is 0.250 e. The Kier molecular flexibility index (Phi) is 8.06. The first-order chi connectivity index (χ1) is 21.6. The molecular weight excluding hydrogens is 550 g/mol. The van der Waals surface area contributed by atoms with Gasteiger partial charge in [0.05, 0.1) is 30.5 Å². The van der Waals surface area contributed by atoms with Crippen LogP contribution in [-0.2, 0) is 17.6 Å². The number of rotatable bonds is 7. The summed E-state index contributed by atoms with van der Waals surface area (Å²) in [7, 11) is 0. The molecule has 3 aromatic carbocycles. The third-order valence-corrected chi connectivity index (χ3v) is 9.00. The van der Waals surface area contributed by atoms with Crippen LogP contribution in [0.4, 0.5) is 11.4 Å². The van der Waals surface area contributed by atoms with Crippen LogP contribution in [0.3, 0.4) is 0 Å². The van der Waals surface area contributed by atoms with Crippen molar-refractivity contribution in [2.24, 2.45) is 0 Å². The van der Waals surface area contributed by atoms with E-state index in [1.165, 1.54) is 5.56 Å². The van der Waals surface area contributed by atoms with E-state index >= 15 is 0 Å². The first kappa shape index (κ1) is 28.2. The Morgan fingerprint density at radius 1 is 0.932 bits per heavy atom. The number of pyridine rings is 1. The first-order valence-electron chi connectivity index (χ1n) is 15.6. The molecule has 3 aliphatic rings. The molecule has 2 N–H and O–H groups in total. The number of anilines is 2. The Labute approximate surface area is 257 Å². The van der Waals surface area contributed by atoms with Gasteiger partial charge in [0.1, 0.15) is 11.5 Å². The number of morpholine rings is 1. The summed E-state index contributed by atoms with van der Waals surface area (Å²) >= 11 is 0. The van der Waals surface area contributed by atoms with E-state index < -0.39 is 0 Å². The molecule has 2 fully saturated rings. The third kappa shape index (κ3) is 6.21. The van der Waals surface area contributed by atoms with Gasteiger partial charge in [-0.1, -0.05) is 24.3 Å². The van der Waals surface area contributed by atoms with E-state index in [4.69, 9.17) is 14.7 Å². The number of para-hydroxylation sites is 1. The van der Waals surface area contributed by atoms with Crippen LogP contribution < -0.4 is 20.5 Å². The summed E-state index contributed by atoms with van der Waals surface area (Å²) in [6.45, 7) is 6.07. The van der Waals surface area contributed by atoms with Crippen molar-refractivity contribution in [3.05, 3.63) is 105 Å². The Balaban J connectivity index is 0.991. The van der Waals surface area contributed by atoms with Gasteiger partial charge in [0.25, 0.3) is 0 Å². The predicted molar refractivity (Wildman–Crippen MR) is 173 cm³/mol. The highest BCUT2D eigenvalue weighted by Gasteiger charge is 2.24. The lowest BCUT2D eigenvalue weighted by atomic mass is 9.95. The summed E-state index contributed by atoms with van der Waals surface area (Å²) < 4.78 is 12.0. The van der Waals surface area contributed by atoms with Crippen molar-refractivity contribution < 1.29 is 9.47 Å². The molecule has 4 aromatic rings. The second-order valence-electron chi connectivity index (χ2n) is 11.9. The molecule has 0 bridgehead atoms. The van der Waals surface area contributed by atoms with E-state index in [2.05, 4.69) is 62.6 Å². The van der Waals surface area contributed by atoms with E-state index in [1.807, 2.05) is 30.3 Å². The summed E-state index contributed by atoms with van der Waals surface area (Å²) in [4.78, 5) is 20.4. The van der Waals surface area contributed by atoms with Crippen molar-refractivity contribution in [1.29, 1.82) is 5.26 Å². The lowest BCUT2D eigenvalue weighted by Crippen LogP contribution is -2.40. The van der Waals surface area contributed by atoms with Crippen LogP contribution in [0.25, 0.3) is 11.3 Å². The largest absolute Gasteiger partial charge is 0.456 e. The summed E-state index contributed by atoms with van der Waals surface area (Å²) in [5.74, 6) is 1.67. The minimum absolute atomic E-state index is 0.120. The molecule has 8 heteroatoms. The molecule has 7 rings (SSSR count). The van der Waals surface area contributed by atoms with Crippen LogP contribution in [0.5, 0.6) is 11.5 Å². The summed E-state index contributed by atoms with van der Waals surface area (Å²) in [6, 6.07) is 26.9. The van der Waals surface area contributed by atoms with Gasteiger partial charge in [-0.25, -0.2) is 0 Å². The fourth-order valence-corrected chi connectivity index (χ4v) is 6.53.